The van der Waals surface area contributed by atoms with Crippen molar-refractivity contribution in [3.8, 4) is 17.2 Å². The SMILES string of the molecule is Cc1ccc(-n2nc(C(F)(F)F)cc2NC(=O)Nc2cccc(Oc3ccnc4[nH]c(=O)[nH]c34)c2)cc1. The predicted octanol–water partition coefficient (Wildman–Crippen LogP) is 5.20. The first-order valence-electron chi connectivity index (χ1n) is 10.8. The Bertz CT molecular complexity index is 1650. The van der Waals surface area contributed by atoms with Crippen LogP contribution in [0.5, 0.6) is 11.5 Å². The van der Waals surface area contributed by atoms with E-state index in [1.165, 1.54) is 12.3 Å². The Kier molecular flexibility index (Phi) is 5.87. The third-order valence-corrected chi connectivity index (χ3v) is 5.22. The van der Waals surface area contributed by atoms with Gasteiger partial charge in [0.1, 0.15) is 17.1 Å². The number of anilines is 2. The van der Waals surface area contributed by atoms with Gasteiger partial charge in [0.25, 0.3) is 0 Å². The first kappa shape index (κ1) is 23.7. The fourth-order valence-corrected chi connectivity index (χ4v) is 3.53. The number of imidazole rings is 1. The zero-order valence-electron chi connectivity index (χ0n) is 19.1. The number of aromatic nitrogens is 5. The Morgan fingerprint density at radius 1 is 1.03 bits per heavy atom. The number of nitrogens with zero attached hydrogens (tertiary/aromatic N) is 3. The molecular weight excluding hydrogens is 491 g/mol. The molecule has 2 aromatic carbocycles. The van der Waals surface area contributed by atoms with E-state index in [1.54, 1.807) is 48.5 Å². The van der Waals surface area contributed by atoms with Gasteiger partial charge in [0.05, 0.1) is 5.69 Å². The van der Waals surface area contributed by atoms with E-state index in [0.29, 0.717) is 34.0 Å². The zero-order valence-corrected chi connectivity index (χ0v) is 19.1. The summed E-state index contributed by atoms with van der Waals surface area (Å²) in [6.07, 6.45) is -3.24. The largest absolute Gasteiger partial charge is 0.455 e. The number of H-pyrrole nitrogens is 2. The van der Waals surface area contributed by atoms with Crippen LogP contribution in [0.1, 0.15) is 11.3 Å². The topological polar surface area (TPSA) is 130 Å². The molecule has 0 atom stereocenters. The number of urea groups is 1. The van der Waals surface area contributed by atoms with E-state index in [-0.39, 0.29) is 5.82 Å². The Balaban J connectivity index is 1.36. The number of carbonyl (C=O) groups is 1. The van der Waals surface area contributed by atoms with Crippen LogP contribution in [0.3, 0.4) is 0 Å². The monoisotopic (exact) mass is 509 g/mol. The number of rotatable bonds is 5. The van der Waals surface area contributed by atoms with Gasteiger partial charge in [-0.2, -0.15) is 18.3 Å². The molecule has 0 spiro atoms. The van der Waals surface area contributed by atoms with Crippen molar-refractivity contribution in [3.63, 3.8) is 0 Å². The Morgan fingerprint density at radius 2 is 1.81 bits per heavy atom. The van der Waals surface area contributed by atoms with Crippen LogP contribution < -0.4 is 21.1 Å². The van der Waals surface area contributed by atoms with Gasteiger partial charge in [-0.1, -0.05) is 23.8 Å². The van der Waals surface area contributed by atoms with E-state index < -0.39 is 23.6 Å². The van der Waals surface area contributed by atoms with Gasteiger partial charge in [-0.05, 0) is 31.2 Å². The van der Waals surface area contributed by atoms with Gasteiger partial charge in [-0.15, -0.1) is 0 Å². The number of halogens is 3. The molecule has 13 heteroatoms. The number of amides is 2. The van der Waals surface area contributed by atoms with Crippen LogP contribution in [0, 0.1) is 6.92 Å². The lowest BCUT2D eigenvalue weighted by atomic mass is 10.2. The van der Waals surface area contributed by atoms with Crippen molar-refractivity contribution in [1.29, 1.82) is 0 Å². The van der Waals surface area contributed by atoms with Gasteiger partial charge >= 0.3 is 17.9 Å². The van der Waals surface area contributed by atoms with Gasteiger partial charge in [-0.3, -0.25) is 10.3 Å². The number of aryl methyl sites for hydroxylation is 1. The second-order valence-corrected chi connectivity index (χ2v) is 7.98. The first-order chi connectivity index (χ1) is 17.7. The van der Waals surface area contributed by atoms with Crippen molar-refractivity contribution in [2.75, 3.05) is 10.6 Å². The average Bonchev–Trinajstić information content (AvgIpc) is 3.43. The number of hydrogen-bond donors (Lipinski definition) is 4. The van der Waals surface area contributed by atoms with Crippen molar-refractivity contribution >= 4 is 28.7 Å². The summed E-state index contributed by atoms with van der Waals surface area (Å²) < 4.78 is 46.8. The number of carbonyl (C=O) groups excluding carboxylic acids is 1. The van der Waals surface area contributed by atoms with Gasteiger partial charge in [-0.25, -0.2) is 19.3 Å². The molecule has 188 valence electrons. The number of hydrogen-bond acceptors (Lipinski definition) is 5. The summed E-state index contributed by atoms with van der Waals surface area (Å²) in [5.74, 6) is 0.486. The summed E-state index contributed by atoms with van der Waals surface area (Å²) in [4.78, 5) is 33.4. The summed E-state index contributed by atoms with van der Waals surface area (Å²) in [6, 6.07) is 14.5. The number of nitrogens with one attached hydrogen (secondary N) is 4. The molecule has 10 nitrogen and oxygen atoms in total. The van der Waals surface area contributed by atoms with Crippen LogP contribution in [-0.4, -0.2) is 30.8 Å². The second-order valence-electron chi connectivity index (χ2n) is 7.98. The molecule has 0 bridgehead atoms. The molecule has 3 aromatic heterocycles. The van der Waals surface area contributed by atoms with Gasteiger partial charge in [0.2, 0.25) is 0 Å². The predicted molar refractivity (Wildman–Crippen MR) is 129 cm³/mol. The second kappa shape index (κ2) is 9.18. The van der Waals surface area contributed by atoms with E-state index in [0.717, 1.165) is 16.3 Å². The maximum atomic E-state index is 13.3. The van der Waals surface area contributed by atoms with Crippen molar-refractivity contribution in [2.24, 2.45) is 0 Å². The quantitative estimate of drug-likeness (QED) is 0.259. The van der Waals surface area contributed by atoms with E-state index in [9.17, 15) is 22.8 Å². The zero-order chi connectivity index (χ0) is 26.2. The highest BCUT2D eigenvalue weighted by molar-refractivity contribution is 5.99. The fourth-order valence-electron chi connectivity index (χ4n) is 3.53. The van der Waals surface area contributed by atoms with Crippen molar-refractivity contribution in [1.82, 2.24) is 24.7 Å². The molecule has 0 fully saturated rings. The van der Waals surface area contributed by atoms with E-state index >= 15 is 0 Å². The number of benzene rings is 2. The molecule has 5 rings (SSSR count). The number of fused-ring (bicyclic) bond motifs is 1. The van der Waals surface area contributed by atoms with Crippen LogP contribution >= 0.6 is 0 Å². The molecule has 0 radical (unpaired) electrons. The molecular formula is C24H18F3N7O3. The van der Waals surface area contributed by atoms with E-state index in [2.05, 4.69) is 30.7 Å². The maximum absolute atomic E-state index is 13.3. The molecule has 0 unspecified atom stereocenters. The fraction of sp³-hybridized carbons (Fsp3) is 0.0833. The third-order valence-electron chi connectivity index (χ3n) is 5.22. The van der Waals surface area contributed by atoms with Crippen LogP contribution in [0.4, 0.5) is 29.5 Å². The van der Waals surface area contributed by atoms with Crippen LogP contribution in [-0.2, 0) is 6.18 Å². The lowest BCUT2D eigenvalue weighted by Crippen LogP contribution is -2.21. The number of alkyl halides is 3. The molecule has 4 N–H and O–H groups in total. The molecule has 5 aromatic rings. The van der Waals surface area contributed by atoms with Crippen LogP contribution in [0.15, 0.2) is 71.7 Å². The van der Waals surface area contributed by atoms with Crippen molar-refractivity contribution < 1.29 is 22.7 Å². The molecule has 0 aliphatic heterocycles. The minimum atomic E-state index is -4.70. The van der Waals surface area contributed by atoms with Crippen LogP contribution in [0.25, 0.3) is 16.9 Å². The number of pyridine rings is 1. The number of ether oxygens (including phenoxy) is 1. The number of aromatic amines is 2. The highest BCUT2D eigenvalue weighted by atomic mass is 19.4. The highest BCUT2D eigenvalue weighted by Gasteiger charge is 2.35. The summed E-state index contributed by atoms with van der Waals surface area (Å²) in [7, 11) is 0. The summed E-state index contributed by atoms with van der Waals surface area (Å²) in [5.41, 5.74) is 0.665. The van der Waals surface area contributed by atoms with E-state index in [1.807, 2.05) is 6.92 Å². The normalized spacial score (nSPS) is 11.5. The van der Waals surface area contributed by atoms with Gasteiger partial charge < -0.3 is 15.0 Å². The summed E-state index contributed by atoms with van der Waals surface area (Å²) in [6.45, 7) is 1.84. The molecule has 2 amide bonds. The lowest BCUT2D eigenvalue weighted by Gasteiger charge is -2.11. The molecule has 37 heavy (non-hydrogen) atoms. The van der Waals surface area contributed by atoms with Crippen molar-refractivity contribution in [2.45, 2.75) is 13.1 Å². The molecule has 0 aliphatic carbocycles. The smallest absolute Gasteiger partial charge is 0.435 e. The summed E-state index contributed by atoms with van der Waals surface area (Å²) in [5, 5.41) is 8.61. The van der Waals surface area contributed by atoms with E-state index in [4.69, 9.17) is 4.74 Å². The average molecular weight is 509 g/mol. The Hall–Kier alpha value is -5.07. The third kappa shape index (κ3) is 5.15. The minimum Gasteiger partial charge on any atom is -0.455 e. The highest BCUT2D eigenvalue weighted by Crippen LogP contribution is 2.32. The molecule has 0 saturated heterocycles. The standard InChI is InChI=1S/C24H18F3N7O3/c1-13-5-7-15(8-6-13)34-19(12-18(33-34)24(25,26)27)30-22(35)29-14-3-2-4-16(11-14)37-17-9-10-28-21-20(17)31-23(36)32-21/h2-12H,1H3,(H2,29,30,35)(H2,28,31,32,36). The molecule has 3 heterocycles. The molecule has 0 aliphatic rings. The molecule has 0 saturated carbocycles. The van der Waals surface area contributed by atoms with Gasteiger partial charge in [0, 0.05) is 30.1 Å². The first-order valence-corrected chi connectivity index (χ1v) is 10.8. The lowest BCUT2D eigenvalue weighted by molar-refractivity contribution is -0.141. The minimum absolute atomic E-state index is 0.170. The summed E-state index contributed by atoms with van der Waals surface area (Å²) >= 11 is 0. The van der Waals surface area contributed by atoms with Crippen LogP contribution in [0.2, 0.25) is 0 Å². The Labute approximate surface area is 206 Å². The van der Waals surface area contributed by atoms with Crippen molar-refractivity contribution in [3.05, 3.63) is 88.6 Å². The van der Waals surface area contributed by atoms with Gasteiger partial charge in [0.15, 0.2) is 17.1 Å². The maximum Gasteiger partial charge on any atom is 0.435 e. The Morgan fingerprint density at radius 3 is 2.57 bits per heavy atom.